The number of thiazole rings is 1. The van der Waals surface area contributed by atoms with E-state index in [1.165, 1.54) is 10.4 Å². The number of aryl methyl sites for hydroxylation is 4. The van der Waals surface area contributed by atoms with Crippen molar-refractivity contribution >= 4 is 11.3 Å². The summed E-state index contributed by atoms with van der Waals surface area (Å²) in [5.41, 5.74) is 5.32. The van der Waals surface area contributed by atoms with Gasteiger partial charge in [-0.05, 0) is 31.9 Å². The lowest BCUT2D eigenvalue weighted by molar-refractivity contribution is 0.768. The van der Waals surface area contributed by atoms with Crippen LogP contribution in [0.4, 0.5) is 0 Å². The molecule has 1 aromatic carbocycles. The molecule has 3 rings (SSSR count). The first-order chi connectivity index (χ1) is 9.75. The molecule has 3 aromatic rings. The lowest BCUT2D eigenvalue weighted by Gasteiger charge is -2.08. The number of benzene rings is 1. The molecule has 0 saturated heterocycles. The Labute approximate surface area is 122 Å². The van der Waals surface area contributed by atoms with Gasteiger partial charge in [-0.15, -0.1) is 11.3 Å². The monoisotopic (exact) mass is 284 g/mol. The quantitative estimate of drug-likeness (QED) is 0.739. The topological polar surface area (TPSA) is 43.6 Å². The van der Waals surface area contributed by atoms with Crippen molar-refractivity contribution in [3.8, 4) is 5.69 Å². The van der Waals surface area contributed by atoms with Gasteiger partial charge in [-0.2, -0.15) is 5.10 Å². The first-order valence-corrected chi connectivity index (χ1v) is 7.47. The third-order valence-corrected chi connectivity index (χ3v) is 4.38. The molecular formula is C15H16N4S. The number of hydrogen-bond acceptors (Lipinski definition) is 4. The van der Waals surface area contributed by atoms with Crippen LogP contribution in [0.3, 0.4) is 0 Å². The van der Waals surface area contributed by atoms with Gasteiger partial charge in [0.2, 0.25) is 0 Å². The van der Waals surface area contributed by atoms with Gasteiger partial charge in [0.25, 0.3) is 0 Å². The van der Waals surface area contributed by atoms with Crippen LogP contribution < -0.4 is 0 Å². The van der Waals surface area contributed by atoms with E-state index >= 15 is 0 Å². The highest BCUT2D eigenvalue weighted by Gasteiger charge is 2.10. The zero-order valence-electron chi connectivity index (χ0n) is 11.6. The summed E-state index contributed by atoms with van der Waals surface area (Å²) in [6.07, 6.45) is 3.46. The highest BCUT2D eigenvalue weighted by atomic mass is 32.1. The van der Waals surface area contributed by atoms with E-state index in [0.717, 1.165) is 30.0 Å². The van der Waals surface area contributed by atoms with Crippen molar-refractivity contribution in [2.45, 2.75) is 26.7 Å². The molecule has 20 heavy (non-hydrogen) atoms. The van der Waals surface area contributed by atoms with E-state index in [9.17, 15) is 0 Å². The average molecular weight is 284 g/mol. The fourth-order valence-electron chi connectivity index (χ4n) is 2.23. The molecule has 0 spiro atoms. The summed E-state index contributed by atoms with van der Waals surface area (Å²) in [5, 5.41) is 4.36. The predicted molar refractivity (Wildman–Crippen MR) is 80.4 cm³/mol. The van der Waals surface area contributed by atoms with Gasteiger partial charge < -0.3 is 0 Å². The number of rotatable bonds is 4. The fourth-order valence-corrected chi connectivity index (χ4v) is 3.01. The second kappa shape index (κ2) is 5.54. The Kier molecular flexibility index (Phi) is 3.60. The minimum Gasteiger partial charge on any atom is -0.250 e. The predicted octanol–water partition coefficient (Wildman–Crippen LogP) is 3.13. The fraction of sp³-hybridized carbons (Fsp3) is 0.267. The molecule has 2 aromatic heterocycles. The van der Waals surface area contributed by atoms with Crippen molar-refractivity contribution in [3.63, 3.8) is 0 Å². The number of hydrogen-bond donors (Lipinski definition) is 0. The molecule has 0 N–H and O–H groups in total. The molecule has 0 aliphatic carbocycles. The SMILES string of the molecule is Cc1ccccc1-n1ncnc1CCc1scnc1C. The number of nitrogens with zero attached hydrogens (tertiary/aromatic N) is 4. The maximum absolute atomic E-state index is 4.40. The van der Waals surface area contributed by atoms with Crippen molar-refractivity contribution in [1.29, 1.82) is 0 Å². The Morgan fingerprint density at radius 3 is 2.70 bits per heavy atom. The summed E-state index contributed by atoms with van der Waals surface area (Å²) in [7, 11) is 0. The van der Waals surface area contributed by atoms with Crippen LogP contribution in [-0.2, 0) is 12.8 Å². The third kappa shape index (κ3) is 2.49. The van der Waals surface area contributed by atoms with Crippen LogP contribution in [-0.4, -0.2) is 19.7 Å². The van der Waals surface area contributed by atoms with Gasteiger partial charge in [0.1, 0.15) is 12.2 Å². The van der Waals surface area contributed by atoms with E-state index < -0.39 is 0 Å². The van der Waals surface area contributed by atoms with Crippen molar-refractivity contribution < 1.29 is 0 Å². The van der Waals surface area contributed by atoms with Gasteiger partial charge in [-0.3, -0.25) is 0 Å². The van der Waals surface area contributed by atoms with Crippen LogP contribution in [0.25, 0.3) is 5.69 Å². The van der Waals surface area contributed by atoms with E-state index in [1.807, 2.05) is 22.3 Å². The second-order valence-electron chi connectivity index (χ2n) is 4.74. The maximum Gasteiger partial charge on any atom is 0.138 e. The minimum atomic E-state index is 0.872. The van der Waals surface area contributed by atoms with E-state index in [4.69, 9.17) is 0 Å². The summed E-state index contributed by atoms with van der Waals surface area (Å²) in [6.45, 7) is 4.14. The molecule has 0 bridgehead atoms. The van der Waals surface area contributed by atoms with E-state index in [-0.39, 0.29) is 0 Å². The van der Waals surface area contributed by atoms with Crippen LogP contribution in [0.15, 0.2) is 36.1 Å². The molecule has 0 aliphatic rings. The largest absolute Gasteiger partial charge is 0.250 e. The van der Waals surface area contributed by atoms with Crippen LogP contribution >= 0.6 is 11.3 Å². The summed E-state index contributed by atoms with van der Waals surface area (Å²) in [6, 6.07) is 8.23. The van der Waals surface area contributed by atoms with Crippen LogP contribution in [0, 0.1) is 13.8 Å². The van der Waals surface area contributed by atoms with Gasteiger partial charge in [-0.25, -0.2) is 14.6 Å². The zero-order valence-corrected chi connectivity index (χ0v) is 12.4. The number of para-hydroxylation sites is 1. The second-order valence-corrected chi connectivity index (χ2v) is 5.67. The van der Waals surface area contributed by atoms with E-state index in [2.05, 4.69) is 41.0 Å². The molecule has 0 radical (unpaired) electrons. The smallest absolute Gasteiger partial charge is 0.138 e. The zero-order chi connectivity index (χ0) is 13.9. The standard InChI is InChI=1S/C15H16N4S/c1-11-5-3-4-6-13(11)19-15(16-9-18-19)8-7-14-12(2)17-10-20-14/h3-6,9-10H,7-8H2,1-2H3. The normalized spacial score (nSPS) is 10.9. The lowest BCUT2D eigenvalue weighted by Crippen LogP contribution is -2.06. The van der Waals surface area contributed by atoms with Gasteiger partial charge in [0, 0.05) is 11.3 Å². The van der Waals surface area contributed by atoms with Crippen LogP contribution in [0.2, 0.25) is 0 Å². The average Bonchev–Trinajstić information content (AvgIpc) is 3.06. The molecule has 0 aliphatic heterocycles. The third-order valence-electron chi connectivity index (χ3n) is 3.38. The van der Waals surface area contributed by atoms with Crippen LogP contribution in [0.5, 0.6) is 0 Å². The van der Waals surface area contributed by atoms with Gasteiger partial charge in [0.15, 0.2) is 0 Å². The first-order valence-electron chi connectivity index (χ1n) is 6.59. The molecule has 102 valence electrons. The van der Waals surface area contributed by atoms with Crippen molar-refractivity contribution in [3.05, 3.63) is 58.1 Å². The van der Waals surface area contributed by atoms with E-state index in [1.54, 1.807) is 17.7 Å². The van der Waals surface area contributed by atoms with Crippen molar-refractivity contribution in [2.75, 3.05) is 0 Å². The maximum atomic E-state index is 4.40. The Morgan fingerprint density at radius 2 is 1.95 bits per heavy atom. The molecule has 0 fully saturated rings. The number of aromatic nitrogens is 4. The van der Waals surface area contributed by atoms with Crippen molar-refractivity contribution in [1.82, 2.24) is 19.7 Å². The highest BCUT2D eigenvalue weighted by Crippen LogP contribution is 2.17. The lowest BCUT2D eigenvalue weighted by atomic mass is 10.2. The molecule has 0 unspecified atom stereocenters. The molecule has 4 nitrogen and oxygen atoms in total. The Morgan fingerprint density at radius 1 is 1.10 bits per heavy atom. The molecule has 0 atom stereocenters. The highest BCUT2D eigenvalue weighted by molar-refractivity contribution is 7.09. The Balaban J connectivity index is 1.84. The van der Waals surface area contributed by atoms with Crippen LogP contribution in [0.1, 0.15) is 22.0 Å². The molecule has 2 heterocycles. The van der Waals surface area contributed by atoms with Gasteiger partial charge >= 0.3 is 0 Å². The Bertz CT molecular complexity index is 714. The molecule has 0 saturated carbocycles. The van der Waals surface area contributed by atoms with Crippen molar-refractivity contribution in [2.24, 2.45) is 0 Å². The van der Waals surface area contributed by atoms with Gasteiger partial charge in [0.05, 0.1) is 16.9 Å². The summed E-state index contributed by atoms with van der Waals surface area (Å²) < 4.78 is 1.94. The summed E-state index contributed by atoms with van der Waals surface area (Å²) in [4.78, 5) is 10.0. The summed E-state index contributed by atoms with van der Waals surface area (Å²) >= 11 is 1.71. The molecule has 5 heteroatoms. The van der Waals surface area contributed by atoms with Gasteiger partial charge in [-0.1, -0.05) is 18.2 Å². The molecule has 0 amide bonds. The summed E-state index contributed by atoms with van der Waals surface area (Å²) in [5.74, 6) is 0.993. The molecular weight excluding hydrogens is 268 g/mol. The Hall–Kier alpha value is -2.01. The first kappa shape index (κ1) is 13.0. The minimum absolute atomic E-state index is 0.872. The van der Waals surface area contributed by atoms with E-state index in [0.29, 0.717) is 0 Å².